The minimum atomic E-state index is -3.70. The number of para-hydroxylation sites is 2. The molecule has 7 heteroatoms. The van der Waals surface area contributed by atoms with E-state index in [-0.39, 0.29) is 10.8 Å². The van der Waals surface area contributed by atoms with Gasteiger partial charge in [-0.05, 0) is 43.2 Å². The van der Waals surface area contributed by atoms with E-state index in [2.05, 4.69) is 10.0 Å². The predicted octanol–water partition coefficient (Wildman–Crippen LogP) is 2.56. The van der Waals surface area contributed by atoms with Crippen LogP contribution < -0.4 is 14.8 Å². The summed E-state index contributed by atoms with van der Waals surface area (Å²) in [6.45, 7) is 4.26. The first-order chi connectivity index (χ1) is 11.9. The Kier molecular flexibility index (Phi) is 6.41. The first kappa shape index (κ1) is 18.8. The molecule has 1 amide bonds. The van der Waals surface area contributed by atoms with Gasteiger partial charge in [-0.3, -0.25) is 9.52 Å². The SMILES string of the molecule is CCOc1ccccc1NS(=O)(=O)c1ccc(CCNC(C)=O)cc1. The second kappa shape index (κ2) is 8.53. The van der Waals surface area contributed by atoms with Crippen molar-refractivity contribution in [1.82, 2.24) is 5.32 Å². The zero-order valence-corrected chi connectivity index (χ0v) is 15.1. The van der Waals surface area contributed by atoms with Gasteiger partial charge in [0.05, 0.1) is 17.2 Å². The third-order valence-electron chi connectivity index (χ3n) is 3.45. The van der Waals surface area contributed by atoms with Crippen molar-refractivity contribution in [2.24, 2.45) is 0 Å². The molecule has 0 aliphatic carbocycles. The summed E-state index contributed by atoms with van der Waals surface area (Å²) in [5.41, 5.74) is 1.35. The van der Waals surface area contributed by atoms with Gasteiger partial charge in [0.1, 0.15) is 5.75 Å². The van der Waals surface area contributed by atoms with Crippen LogP contribution in [-0.4, -0.2) is 27.5 Å². The molecule has 0 unspecified atom stereocenters. The molecule has 134 valence electrons. The molecule has 0 aromatic heterocycles. The van der Waals surface area contributed by atoms with Gasteiger partial charge in [-0.15, -0.1) is 0 Å². The van der Waals surface area contributed by atoms with Crippen molar-refractivity contribution in [2.75, 3.05) is 17.9 Å². The van der Waals surface area contributed by atoms with Crippen LogP contribution >= 0.6 is 0 Å². The minimum absolute atomic E-state index is 0.0867. The van der Waals surface area contributed by atoms with Crippen LogP contribution in [0, 0.1) is 0 Å². The highest BCUT2D eigenvalue weighted by Crippen LogP contribution is 2.26. The Hall–Kier alpha value is -2.54. The predicted molar refractivity (Wildman–Crippen MR) is 97.2 cm³/mol. The summed E-state index contributed by atoms with van der Waals surface area (Å²) in [5, 5.41) is 2.71. The van der Waals surface area contributed by atoms with Gasteiger partial charge in [0, 0.05) is 13.5 Å². The number of hydrogen-bond donors (Lipinski definition) is 2. The lowest BCUT2D eigenvalue weighted by Gasteiger charge is -2.13. The standard InChI is InChI=1S/C18H22N2O4S/c1-3-24-18-7-5-4-6-17(18)20-25(22,23)16-10-8-15(9-11-16)12-13-19-14(2)21/h4-11,20H,3,12-13H2,1-2H3,(H,19,21). The highest BCUT2D eigenvalue weighted by Gasteiger charge is 2.16. The van der Waals surface area contributed by atoms with Gasteiger partial charge in [0.15, 0.2) is 0 Å². The minimum Gasteiger partial charge on any atom is -0.492 e. The molecule has 0 atom stereocenters. The van der Waals surface area contributed by atoms with Crippen molar-refractivity contribution >= 4 is 21.6 Å². The Morgan fingerprint density at radius 1 is 1.08 bits per heavy atom. The van der Waals surface area contributed by atoms with E-state index in [0.717, 1.165) is 5.56 Å². The van der Waals surface area contributed by atoms with Crippen molar-refractivity contribution in [2.45, 2.75) is 25.2 Å². The van der Waals surface area contributed by atoms with Gasteiger partial charge in [0.2, 0.25) is 5.91 Å². The van der Waals surface area contributed by atoms with Gasteiger partial charge in [0.25, 0.3) is 10.0 Å². The molecule has 25 heavy (non-hydrogen) atoms. The first-order valence-corrected chi connectivity index (χ1v) is 9.48. The van der Waals surface area contributed by atoms with Crippen molar-refractivity contribution in [3.8, 4) is 5.75 Å². The highest BCUT2D eigenvalue weighted by molar-refractivity contribution is 7.92. The summed E-state index contributed by atoms with van der Waals surface area (Å²) < 4.78 is 33.1. The number of rotatable bonds is 8. The third-order valence-corrected chi connectivity index (χ3v) is 4.83. The molecule has 0 saturated carbocycles. The lowest BCUT2D eigenvalue weighted by Crippen LogP contribution is -2.22. The molecule has 0 saturated heterocycles. The molecule has 0 radical (unpaired) electrons. The van der Waals surface area contributed by atoms with E-state index in [9.17, 15) is 13.2 Å². The summed E-state index contributed by atoms with van der Waals surface area (Å²) >= 11 is 0. The molecule has 2 N–H and O–H groups in total. The third kappa shape index (κ3) is 5.49. The number of sulfonamides is 1. The summed E-state index contributed by atoms with van der Waals surface area (Å²) in [7, 11) is -3.70. The van der Waals surface area contributed by atoms with Crippen LogP contribution in [0.25, 0.3) is 0 Å². The fraction of sp³-hybridized carbons (Fsp3) is 0.278. The highest BCUT2D eigenvalue weighted by atomic mass is 32.2. The summed E-state index contributed by atoms with van der Waals surface area (Å²) in [5.74, 6) is 0.400. The lowest BCUT2D eigenvalue weighted by atomic mass is 10.1. The molecule has 0 fully saturated rings. The van der Waals surface area contributed by atoms with Gasteiger partial charge in [-0.25, -0.2) is 8.42 Å². The van der Waals surface area contributed by atoms with Crippen molar-refractivity contribution in [1.29, 1.82) is 0 Å². The number of carbonyl (C=O) groups excluding carboxylic acids is 1. The van der Waals surface area contributed by atoms with Crippen LogP contribution in [0.3, 0.4) is 0 Å². The average molecular weight is 362 g/mol. The molecule has 0 spiro atoms. The molecule has 2 aromatic carbocycles. The molecular formula is C18H22N2O4S. The summed E-state index contributed by atoms with van der Waals surface area (Å²) in [6, 6.07) is 13.5. The lowest BCUT2D eigenvalue weighted by molar-refractivity contribution is -0.118. The number of nitrogens with one attached hydrogen (secondary N) is 2. The van der Waals surface area contributed by atoms with E-state index in [1.807, 2.05) is 6.92 Å². The molecule has 0 bridgehead atoms. The van der Waals surface area contributed by atoms with Gasteiger partial charge in [-0.1, -0.05) is 24.3 Å². The van der Waals surface area contributed by atoms with Crippen LogP contribution in [0.1, 0.15) is 19.4 Å². The second-order valence-electron chi connectivity index (χ2n) is 5.41. The molecule has 6 nitrogen and oxygen atoms in total. The Morgan fingerprint density at radius 2 is 1.76 bits per heavy atom. The Morgan fingerprint density at radius 3 is 2.40 bits per heavy atom. The van der Waals surface area contributed by atoms with Crippen LogP contribution in [-0.2, 0) is 21.2 Å². The van der Waals surface area contributed by atoms with Crippen molar-refractivity contribution in [3.05, 3.63) is 54.1 Å². The number of ether oxygens (including phenoxy) is 1. The number of benzene rings is 2. The first-order valence-electron chi connectivity index (χ1n) is 8.00. The number of anilines is 1. The maximum Gasteiger partial charge on any atom is 0.262 e. The molecule has 2 aromatic rings. The topological polar surface area (TPSA) is 84.5 Å². The maximum atomic E-state index is 12.5. The fourth-order valence-corrected chi connectivity index (χ4v) is 3.32. The maximum absolute atomic E-state index is 12.5. The second-order valence-corrected chi connectivity index (χ2v) is 7.09. The fourth-order valence-electron chi connectivity index (χ4n) is 2.25. The summed E-state index contributed by atoms with van der Waals surface area (Å²) in [4.78, 5) is 11.0. The van der Waals surface area contributed by atoms with E-state index in [4.69, 9.17) is 4.74 Å². The Balaban J connectivity index is 2.10. The summed E-state index contributed by atoms with van der Waals surface area (Å²) in [6.07, 6.45) is 0.639. The van der Waals surface area contributed by atoms with Gasteiger partial charge in [-0.2, -0.15) is 0 Å². The monoisotopic (exact) mass is 362 g/mol. The van der Waals surface area contributed by atoms with E-state index in [1.54, 1.807) is 48.5 Å². The molecule has 0 aliphatic rings. The van der Waals surface area contributed by atoms with Crippen molar-refractivity contribution < 1.29 is 17.9 Å². The largest absolute Gasteiger partial charge is 0.492 e. The zero-order valence-electron chi connectivity index (χ0n) is 14.3. The number of carbonyl (C=O) groups is 1. The zero-order chi connectivity index (χ0) is 18.3. The van der Waals surface area contributed by atoms with Crippen LogP contribution in [0.2, 0.25) is 0 Å². The number of hydrogen-bond acceptors (Lipinski definition) is 4. The molecule has 2 rings (SSSR count). The quantitative estimate of drug-likeness (QED) is 0.756. The van der Waals surface area contributed by atoms with E-state index >= 15 is 0 Å². The van der Waals surface area contributed by atoms with Gasteiger partial charge < -0.3 is 10.1 Å². The average Bonchev–Trinajstić information content (AvgIpc) is 2.57. The van der Waals surface area contributed by atoms with Crippen LogP contribution in [0.5, 0.6) is 5.75 Å². The van der Waals surface area contributed by atoms with E-state index < -0.39 is 10.0 Å². The van der Waals surface area contributed by atoms with E-state index in [0.29, 0.717) is 31.0 Å². The molecule has 0 heterocycles. The smallest absolute Gasteiger partial charge is 0.262 e. The van der Waals surface area contributed by atoms with Crippen LogP contribution in [0.15, 0.2) is 53.4 Å². The van der Waals surface area contributed by atoms with Crippen LogP contribution in [0.4, 0.5) is 5.69 Å². The van der Waals surface area contributed by atoms with E-state index in [1.165, 1.54) is 6.92 Å². The van der Waals surface area contributed by atoms with Crippen molar-refractivity contribution in [3.63, 3.8) is 0 Å². The van der Waals surface area contributed by atoms with Gasteiger partial charge >= 0.3 is 0 Å². The molecular weight excluding hydrogens is 340 g/mol. The Bertz CT molecular complexity index is 817. The number of amides is 1. The Labute approximate surface area is 148 Å². The molecule has 0 aliphatic heterocycles. The normalized spacial score (nSPS) is 11.0.